The molecule has 2 rings (SSSR count). The topological polar surface area (TPSA) is 67.2 Å². The molecule has 0 fully saturated rings. The number of amides is 2. The summed E-state index contributed by atoms with van der Waals surface area (Å²) in [6, 6.07) is 9.92. The fourth-order valence-corrected chi connectivity index (χ4v) is 3.08. The number of carbonyl (C=O) groups excluding carboxylic acids is 2. The monoisotopic (exact) mass is 412 g/mol. The summed E-state index contributed by atoms with van der Waals surface area (Å²) in [7, 11) is 0. The van der Waals surface area contributed by atoms with Gasteiger partial charge in [-0.05, 0) is 37.0 Å². The molecule has 0 aliphatic heterocycles. The van der Waals surface area contributed by atoms with E-state index in [-0.39, 0.29) is 23.8 Å². The van der Waals surface area contributed by atoms with Crippen LogP contribution in [0.4, 0.5) is 5.82 Å². The van der Waals surface area contributed by atoms with Crippen LogP contribution < -0.4 is 5.32 Å². The van der Waals surface area contributed by atoms with Crippen molar-refractivity contribution in [3.8, 4) is 5.69 Å². The molecule has 1 aromatic heterocycles. The fourth-order valence-electron chi connectivity index (χ4n) is 3.08. The molecule has 0 radical (unpaired) electrons. The van der Waals surface area contributed by atoms with Crippen molar-refractivity contribution in [1.29, 1.82) is 0 Å². The molecular weight excluding hydrogens is 376 g/mol. The van der Waals surface area contributed by atoms with Gasteiger partial charge in [0, 0.05) is 24.4 Å². The second-order valence-corrected chi connectivity index (χ2v) is 9.32. The first kappa shape index (κ1) is 23.6. The minimum Gasteiger partial charge on any atom is -0.333 e. The lowest BCUT2D eigenvalue weighted by molar-refractivity contribution is -0.134. The van der Waals surface area contributed by atoms with Crippen molar-refractivity contribution >= 4 is 17.6 Å². The number of carbonyl (C=O) groups is 2. The Balaban J connectivity index is 2.28. The zero-order valence-electron chi connectivity index (χ0n) is 19.5. The molecule has 30 heavy (non-hydrogen) atoms. The van der Waals surface area contributed by atoms with Gasteiger partial charge in [0.2, 0.25) is 11.8 Å². The maximum absolute atomic E-state index is 12.9. The van der Waals surface area contributed by atoms with E-state index in [1.165, 1.54) is 0 Å². The van der Waals surface area contributed by atoms with Crippen molar-refractivity contribution in [3.63, 3.8) is 0 Å². The van der Waals surface area contributed by atoms with Crippen LogP contribution in [0.1, 0.15) is 65.6 Å². The number of hydrogen-bond donors (Lipinski definition) is 1. The second-order valence-electron chi connectivity index (χ2n) is 9.32. The highest BCUT2D eigenvalue weighted by molar-refractivity contribution is 5.94. The first-order valence-electron chi connectivity index (χ1n) is 10.8. The number of nitrogens with zero attached hydrogens (tertiary/aromatic N) is 3. The zero-order chi connectivity index (χ0) is 22.5. The summed E-state index contributed by atoms with van der Waals surface area (Å²) >= 11 is 0. The zero-order valence-corrected chi connectivity index (χ0v) is 19.5. The molecule has 0 aliphatic carbocycles. The minimum atomic E-state index is -0.213. The number of benzene rings is 1. The molecule has 1 heterocycles. The Morgan fingerprint density at radius 1 is 1.20 bits per heavy atom. The predicted octanol–water partition coefficient (Wildman–Crippen LogP) is 4.70. The van der Waals surface area contributed by atoms with Gasteiger partial charge in [-0.1, -0.05) is 53.7 Å². The Hall–Kier alpha value is -2.63. The van der Waals surface area contributed by atoms with E-state index < -0.39 is 0 Å². The molecule has 164 valence electrons. The first-order valence-corrected chi connectivity index (χ1v) is 10.8. The van der Waals surface area contributed by atoms with Gasteiger partial charge >= 0.3 is 0 Å². The Morgan fingerprint density at radius 2 is 1.90 bits per heavy atom. The highest BCUT2D eigenvalue weighted by Gasteiger charge is 2.23. The van der Waals surface area contributed by atoms with E-state index in [0.717, 1.165) is 23.4 Å². The highest BCUT2D eigenvalue weighted by Crippen LogP contribution is 2.26. The average molecular weight is 413 g/mol. The van der Waals surface area contributed by atoms with Crippen LogP contribution in [0.15, 0.2) is 30.3 Å². The summed E-state index contributed by atoms with van der Waals surface area (Å²) in [5.74, 6) is 0.865. The number of rotatable bonds is 8. The molecule has 0 spiro atoms. The van der Waals surface area contributed by atoms with E-state index in [9.17, 15) is 9.59 Å². The third-order valence-corrected chi connectivity index (χ3v) is 4.96. The molecule has 0 aliphatic rings. The Kier molecular flexibility index (Phi) is 7.82. The van der Waals surface area contributed by atoms with Crippen molar-refractivity contribution in [2.45, 2.75) is 66.7 Å². The van der Waals surface area contributed by atoms with Gasteiger partial charge in [-0.15, -0.1) is 0 Å². The third-order valence-electron chi connectivity index (χ3n) is 4.96. The van der Waals surface area contributed by atoms with Crippen LogP contribution in [0.25, 0.3) is 5.69 Å². The standard InChI is InChI=1S/C24H36N4O2/c1-8-23(30)27(13-12-17(2)3)16-22(29)25-21-15-20(24(5,6)7)26-28(21)19-11-9-10-18(4)14-19/h9-11,14-15,17H,8,12-13,16H2,1-7H3,(H,25,29). The SMILES string of the molecule is CCC(=O)N(CCC(C)C)CC(=O)Nc1cc(C(C)(C)C)nn1-c1cccc(C)c1. The number of aromatic nitrogens is 2. The van der Waals surface area contributed by atoms with Crippen molar-refractivity contribution in [1.82, 2.24) is 14.7 Å². The molecule has 1 aromatic carbocycles. The maximum Gasteiger partial charge on any atom is 0.245 e. The van der Waals surface area contributed by atoms with Crippen LogP contribution in [0.3, 0.4) is 0 Å². The molecule has 0 saturated carbocycles. The lowest BCUT2D eigenvalue weighted by Gasteiger charge is -2.22. The molecule has 2 amide bonds. The normalized spacial score (nSPS) is 11.6. The second kappa shape index (κ2) is 9.92. The summed E-state index contributed by atoms with van der Waals surface area (Å²) < 4.78 is 1.77. The van der Waals surface area contributed by atoms with Crippen molar-refractivity contribution in [2.75, 3.05) is 18.4 Å². The molecule has 6 heteroatoms. The molecular formula is C24H36N4O2. The Bertz CT molecular complexity index is 878. The van der Waals surface area contributed by atoms with E-state index in [2.05, 4.69) is 39.9 Å². The Labute approximate surface area is 180 Å². The van der Waals surface area contributed by atoms with Gasteiger partial charge in [0.25, 0.3) is 0 Å². The lowest BCUT2D eigenvalue weighted by Crippen LogP contribution is -2.38. The van der Waals surface area contributed by atoms with E-state index in [0.29, 0.717) is 24.7 Å². The number of anilines is 1. The van der Waals surface area contributed by atoms with E-state index in [1.807, 2.05) is 44.2 Å². The van der Waals surface area contributed by atoms with Crippen molar-refractivity contribution in [2.24, 2.45) is 5.92 Å². The largest absolute Gasteiger partial charge is 0.333 e. The van der Waals surface area contributed by atoms with Crippen molar-refractivity contribution in [3.05, 3.63) is 41.6 Å². The molecule has 0 saturated heterocycles. The van der Waals surface area contributed by atoms with Crippen molar-refractivity contribution < 1.29 is 9.59 Å². The van der Waals surface area contributed by atoms with Gasteiger partial charge in [-0.25, -0.2) is 4.68 Å². The van der Waals surface area contributed by atoms with Gasteiger partial charge in [0.15, 0.2) is 0 Å². The summed E-state index contributed by atoms with van der Waals surface area (Å²) in [5, 5.41) is 7.74. The number of hydrogen-bond acceptors (Lipinski definition) is 3. The van der Waals surface area contributed by atoms with Gasteiger partial charge in [0.1, 0.15) is 5.82 Å². The van der Waals surface area contributed by atoms with Gasteiger partial charge < -0.3 is 10.2 Å². The van der Waals surface area contributed by atoms with Crippen LogP contribution in [0, 0.1) is 12.8 Å². The quantitative estimate of drug-likeness (QED) is 0.683. The summed E-state index contributed by atoms with van der Waals surface area (Å²) in [6.45, 7) is 15.0. The average Bonchev–Trinajstić information content (AvgIpc) is 3.08. The van der Waals surface area contributed by atoms with Crippen LogP contribution in [0.2, 0.25) is 0 Å². The highest BCUT2D eigenvalue weighted by atomic mass is 16.2. The van der Waals surface area contributed by atoms with Crippen LogP contribution in [-0.2, 0) is 15.0 Å². The van der Waals surface area contributed by atoms with Crippen LogP contribution >= 0.6 is 0 Å². The van der Waals surface area contributed by atoms with E-state index in [1.54, 1.807) is 9.58 Å². The molecule has 0 bridgehead atoms. The molecule has 2 aromatic rings. The molecule has 1 N–H and O–H groups in total. The molecule has 0 atom stereocenters. The molecule has 0 unspecified atom stereocenters. The lowest BCUT2D eigenvalue weighted by atomic mass is 9.92. The van der Waals surface area contributed by atoms with E-state index in [4.69, 9.17) is 5.10 Å². The van der Waals surface area contributed by atoms with Crippen LogP contribution in [0.5, 0.6) is 0 Å². The van der Waals surface area contributed by atoms with Gasteiger partial charge in [-0.2, -0.15) is 5.10 Å². The first-order chi connectivity index (χ1) is 14.0. The number of aryl methyl sites for hydroxylation is 1. The molecule has 6 nitrogen and oxygen atoms in total. The third kappa shape index (κ3) is 6.44. The maximum atomic E-state index is 12.9. The van der Waals surface area contributed by atoms with Gasteiger partial charge in [0.05, 0.1) is 17.9 Å². The summed E-state index contributed by atoms with van der Waals surface area (Å²) in [5.41, 5.74) is 2.74. The van der Waals surface area contributed by atoms with Gasteiger partial charge in [-0.3, -0.25) is 9.59 Å². The van der Waals surface area contributed by atoms with Crippen LogP contribution in [-0.4, -0.2) is 39.6 Å². The minimum absolute atomic E-state index is 0.00614. The Morgan fingerprint density at radius 3 is 2.47 bits per heavy atom. The number of nitrogens with one attached hydrogen (secondary N) is 1. The summed E-state index contributed by atoms with van der Waals surface area (Å²) in [6.07, 6.45) is 1.26. The van der Waals surface area contributed by atoms with E-state index >= 15 is 0 Å². The fraction of sp³-hybridized carbons (Fsp3) is 0.542. The predicted molar refractivity (Wildman–Crippen MR) is 122 cm³/mol. The smallest absolute Gasteiger partial charge is 0.245 e. The summed E-state index contributed by atoms with van der Waals surface area (Å²) in [4.78, 5) is 26.8.